The second-order valence-corrected chi connectivity index (χ2v) is 4.09. The fourth-order valence-electron chi connectivity index (χ4n) is 1.36. The van der Waals surface area contributed by atoms with E-state index < -0.39 is 11.7 Å². The summed E-state index contributed by atoms with van der Waals surface area (Å²) in [5.41, 5.74) is 5.45. The highest BCUT2D eigenvalue weighted by Crippen LogP contribution is 2.35. The molecule has 1 nitrogen and oxygen atoms in total. The molecule has 0 fully saturated rings. The average Bonchev–Trinajstić information content (AvgIpc) is 2.19. The first kappa shape index (κ1) is 13.3. The van der Waals surface area contributed by atoms with Crippen LogP contribution in [0.4, 0.5) is 13.2 Å². The van der Waals surface area contributed by atoms with Gasteiger partial charge in [0.25, 0.3) is 0 Å². The average molecular weight is 252 g/mol. The lowest BCUT2D eigenvalue weighted by atomic mass is 10.0. The second kappa shape index (κ2) is 5.06. The molecule has 0 spiro atoms. The Bertz CT molecular complexity index is 363. The van der Waals surface area contributed by atoms with Crippen LogP contribution >= 0.6 is 11.6 Å². The molecular formula is C11H13ClF3N. The van der Waals surface area contributed by atoms with Crippen molar-refractivity contribution in [2.24, 2.45) is 5.73 Å². The Morgan fingerprint density at radius 1 is 1.38 bits per heavy atom. The van der Waals surface area contributed by atoms with Crippen molar-refractivity contribution in [1.82, 2.24) is 0 Å². The molecule has 0 heterocycles. The van der Waals surface area contributed by atoms with Gasteiger partial charge in [-0.3, -0.25) is 0 Å². The van der Waals surface area contributed by atoms with Crippen LogP contribution in [0.15, 0.2) is 18.2 Å². The van der Waals surface area contributed by atoms with Gasteiger partial charge in [0.15, 0.2) is 0 Å². The smallest absolute Gasteiger partial charge is 0.327 e. The van der Waals surface area contributed by atoms with E-state index in [-0.39, 0.29) is 11.1 Å². The van der Waals surface area contributed by atoms with E-state index in [9.17, 15) is 13.2 Å². The van der Waals surface area contributed by atoms with Crippen molar-refractivity contribution in [2.45, 2.75) is 32.0 Å². The summed E-state index contributed by atoms with van der Waals surface area (Å²) in [5, 5.41) is -0.277. The summed E-state index contributed by atoms with van der Waals surface area (Å²) in [6, 6.07) is 3.79. The zero-order valence-electron chi connectivity index (χ0n) is 8.81. The van der Waals surface area contributed by atoms with Gasteiger partial charge in [0, 0.05) is 6.04 Å². The van der Waals surface area contributed by atoms with Gasteiger partial charge in [0.1, 0.15) is 0 Å². The monoisotopic (exact) mass is 251 g/mol. The van der Waals surface area contributed by atoms with E-state index in [1.165, 1.54) is 6.07 Å². The molecule has 1 aromatic rings. The number of rotatable bonds is 3. The van der Waals surface area contributed by atoms with Gasteiger partial charge in [-0.25, -0.2) is 0 Å². The minimum absolute atomic E-state index is 0.123. The Balaban J connectivity index is 2.99. The molecule has 90 valence electrons. The lowest BCUT2D eigenvalue weighted by molar-refractivity contribution is -0.137. The highest BCUT2D eigenvalue weighted by Gasteiger charge is 2.33. The van der Waals surface area contributed by atoms with E-state index in [0.717, 1.165) is 12.5 Å². The molecule has 0 aliphatic heterocycles. The van der Waals surface area contributed by atoms with Gasteiger partial charge in [-0.2, -0.15) is 13.2 Å². The van der Waals surface area contributed by atoms with Crippen molar-refractivity contribution < 1.29 is 13.2 Å². The molecule has 0 bridgehead atoms. The maximum absolute atomic E-state index is 12.5. The largest absolute Gasteiger partial charge is 0.417 e. The molecule has 5 heteroatoms. The maximum Gasteiger partial charge on any atom is 0.417 e. The van der Waals surface area contributed by atoms with Gasteiger partial charge in [-0.1, -0.05) is 24.6 Å². The van der Waals surface area contributed by atoms with Gasteiger partial charge < -0.3 is 5.73 Å². The fraction of sp³-hybridized carbons (Fsp3) is 0.455. The molecule has 0 aliphatic carbocycles. The Hall–Kier alpha value is -0.740. The first-order valence-electron chi connectivity index (χ1n) is 4.95. The molecule has 0 aromatic heterocycles. The summed E-state index contributed by atoms with van der Waals surface area (Å²) >= 11 is 5.50. The summed E-state index contributed by atoms with van der Waals surface area (Å²) in [6.45, 7) is 1.89. The predicted octanol–water partition coefficient (Wildman–Crippen LogP) is 3.64. The highest BCUT2D eigenvalue weighted by molar-refractivity contribution is 6.31. The Kier molecular flexibility index (Phi) is 4.21. The van der Waals surface area contributed by atoms with Crippen LogP contribution in [0.1, 0.15) is 24.5 Å². The maximum atomic E-state index is 12.5. The van der Waals surface area contributed by atoms with Crippen molar-refractivity contribution in [3.05, 3.63) is 34.3 Å². The number of nitrogens with two attached hydrogens (primary N) is 1. The first-order chi connectivity index (χ1) is 7.34. The summed E-state index contributed by atoms with van der Waals surface area (Å²) in [5.74, 6) is 0. The van der Waals surface area contributed by atoms with Gasteiger partial charge in [-0.05, 0) is 30.5 Å². The molecule has 0 radical (unpaired) electrons. The first-order valence-corrected chi connectivity index (χ1v) is 5.33. The molecule has 0 amide bonds. The van der Waals surface area contributed by atoms with E-state index in [2.05, 4.69) is 0 Å². The summed E-state index contributed by atoms with van der Waals surface area (Å²) in [6.07, 6.45) is -3.26. The standard InChI is InChI=1S/C11H13ClF3N/c1-2-8(16)5-7-3-4-10(12)9(6-7)11(13,14)15/h3-4,6,8H,2,5,16H2,1H3. The molecule has 1 aromatic carbocycles. The third-order valence-electron chi connectivity index (χ3n) is 2.36. The lowest BCUT2D eigenvalue weighted by Crippen LogP contribution is -2.21. The molecule has 0 saturated carbocycles. The molecule has 1 atom stereocenters. The van der Waals surface area contributed by atoms with Crippen LogP contribution in [0.3, 0.4) is 0 Å². The number of alkyl halides is 3. The van der Waals surface area contributed by atoms with Crippen molar-refractivity contribution in [3.8, 4) is 0 Å². The fourth-order valence-corrected chi connectivity index (χ4v) is 1.59. The summed E-state index contributed by atoms with van der Waals surface area (Å²) < 4.78 is 37.6. The van der Waals surface area contributed by atoms with E-state index in [4.69, 9.17) is 17.3 Å². The number of benzene rings is 1. The van der Waals surface area contributed by atoms with Crippen LogP contribution in [0, 0.1) is 0 Å². The third-order valence-corrected chi connectivity index (χ3v) is 2.69. The number of hydrogen-bond donors (Lipinski definition) is 1. The van der Waals surface area contributed by atoms with Crippen molar-refractivity contribution in [2.75, 3.05) is 0 Å². The van der Waals surface area contributed by atoms with Crippen LogP contribution in [0.2, 0.25) is 5.02 Å². The van der Waals surface area contributed by atoms with Crippen LogP contribution < -0.4 is 5.73 Å². The Labute approximate surface area is 97.4 Å². The molecule has 16 heavy (non-hydrogen) atoms. The molecule has 1 rings (SSSR count). The minimum atomic E-state index is -4.41. The molecular weight excluding hydrogens is 239 g/mol. The van der Waals surface area contributed by atoms with E-state index in [1.54, 1.807) is 6.07 Å². The van der Waals surface area contributed by atoms with Crippen molar-refractivity contribution in [3.63, 3.8) is 0 Å². The van der Waals surface area contributed by atoms with Gasteiger partial charge in [0.05, 0.1) is 10.6 Å². The minimum Gasteiger partial charge on any atom is -0.327 e. The molecule has 0 saturated heterocycles. The molecule has 2 N–H and O–H groups in total. The SMILES string of the molecule is CCC(N)Cc1ccc(Cl)c(C(F)(F)F)c1. The third kappa shape index (κ3) is 3.39. The summed E-state index contributed by atoms with van der Waals surface area (Å²) in [4.78, 5) is 0. The second-order valence-electron chi connectivity index (χ2n) is 3.68. The van der Waals surface area contributed by atoms with Crippen LogP contribution in [-0.2, 0) is 12.6 Å². The molecule has 0 aliphatic rings. The Morgan fingerprint density at radius 2 is 2.00 bits per heavy atom. The van der Waals surface area contributed by atoms with Crippen LogP contribution in [0.5, 0.6) is 0 Å². The topological polar surface area (TPSA) is 26.0 Å². The summed E-state index contributed by atoms with van der Waals surface area (Å²) in [7, 11) is 0. The lowest BCUT2D eigenvalue weighted by Gasteiger charge is -2.13. The highest BCUT2D eigenvalue weighted by atomic mass is 35.5. The Morgan fingerprint density at radius 3 is 2.50 bits per heavy atom. The number of halogens is 4. The van der Waals surface area contributed by atoms with Crippen LogP contribution in [0.25, 0.3) is 0 Å². The van der Waals surface area contributed by atoms with Crippen molar-refractivity contribution >= 4 is 11.6 Å². The normalized spacial score (nSPS) is 13.9. The zero-order chi connectivity index (χ0) is 12.3. The van der Waals surface area contributed by atoms with Crippen LogP contribution in [-0.4, -0.2) is 6.04 Å². The van der Waals surface area contributed by atoms with Gasteiger partial charge in [-0.15, -0.1) is 0 Å². The predicted molar refractivity (Wildman–Crippen MR) is 58.4 cm³/mol. The van der Waals surface area contributed by atoms with E-state index >= 15 is 0 Å². The quantitative estimate of drug-likeness (QED) is 0.872. The molecule has 1 unspecified atom stereocenters. The van der Waals surface area contributed by atoms with Gasteiger partial charge >= 0.3 is 6.18 Å². The zero-order valence-corrected chi connectivity index (χ0v) is 9.57. The van der Waals surface area contributed by atoms with Crippen molar-refractivity contribution in [1.29, 1.82) is 0 Å². The van der Waals surface area contributed by atoms with Gasteiger partial charge in [0.2, 0.25) is 0 Å². The van der Waals surface area contributed by atoms with E-state index in [0.29, 0.717) is 12.0 Å². The number of hydrogen-bond acceptors (Lipinski definition) is 1. The van der Waals surface area contributed by atoms with E-state index in [1.807, 2.05) is 6.92 Å².